The number of hydrogen-bond donors (Lipinski definition) is 1. The molecule has 1 N–H and O–H groups in total. The van der Waals surface area contributed by atoms with Gasteiger partial charge in [0.2, 0.25) is 0 Å². The van der Waals surface area contributed by atoms with E-state index in [1.165, 1.54) is 6.92 Å². The molecule has 0 aromatic rings. The first-order chi connectivity index (χ1) is 7.90. The van der Waals surface area contributed by atoms with Crippen LogP contribution in [0.5, 0.6) is 0 Å². The standard InChI is InChI=1S/C13H16F3N/c1-3-12(2,13(14,15)16)10-8-17-11-7-5-4-6-9(10)11/h4-9,11,17H,3H2,1-2H3. The molecular formula is C13H16F3N. The first kappa shape index (κ1) is 12.3. The largest absolute Gasteiger partial charge is 0.397 e. The molecule has 0 saturated heterocycles. The summed E-state index contributed by atoms with van der Waals surface area (Å²) in [5.74, 6) is -0.174. The Kier molecular flexibility index (Phi) is 2.84. The third-order valence-corrected chi connectivity index (χ3v) is 3.90. The van der Waals surface area contributed by atoms with Crippen LogP contribution >= 0.6 is 0 Å². The predicted molar refractivity (Wildman–Crippen MR) is 61.2 cm³/mol. The second-order valence-electron chi connectivity index (χ2n) is 4.77. The number of rotatable bonds is 2. The quantitative estimate of drug-likeness (QED) is 0.782. The molecule has 1 aliphatic carbocycles. The Morgan fingerprint density at radius 2 is 1.88 bits per heavy atom. The summed E-state index contributed by atoms with van der Waals surface area (Å²) in [5, 5.41) is 3.02. The Balaban J connectivity index is 2.34. The van der Waals surface area contributed by atoms with Crippen LogP contribution in [0.1, 0.15) is 20.3 Å². The second-order valence-corrected chi connectivity index (χ2v) is 4.77. The van der Waals surface area contributed by atoms with Crippen LogP contribution in [0.25, 0.3) is 0 Å². The summed E-state index contributed by atoms with van der Waals surface area (Å²) in [6.07, 6.45) is 4.82. The third kappa shape index (κ3) is 1.79. The zero-order valence-corrected chi connectivity index (χ0v) is 9.88. The smallest absolute Gasteiger partial charge is 0.384 e. The normalized spacial score (nSPS) is 30.5. The molecule has 4 heteroatoms. The number of nitrogens with one attached hydrogen (secondary N) is 1. The van der Waals surface area contributed by atoms with Gasteiger partial charge in [-0.15, -0.1) is 0 Å². The van der Waals surface area contributed by atoms with Gasteiger partial charge in [0.15, 0.2) is 0 Å². The van der Waals surface area contributed by atoms with Gasteiger partial charge in [-0.3, -0.25) is 0 Å². The van der Waals surface area contributed by atoms with Gasteiger partial charge in [0.1, 0.15) is 0 Å². The van der Waals surface area contributed by atoms with Crippen molar-refractivity contribution in [3.8, 4) is 0 Å². The molecule has 17 heavy (non-hydrogen) atoms. The van der Waals surface area contributed by atoms with E-state index in [1.54, 1.807) is 13.1 Å². The first-order valence-electron chi connectivity index (χ1n) is 5.78. The van der Waals surface area contributed by atoms with Crippen molar-refractivity contribution >= 4 is 0 Å². The van der Waals surface area contributed by atoms with E-state index in [-0.39, 0.29) is 18.4 Å². The van der Waals surface area contributed by atoms with Crippen molar-refractivity contribution in [3.63, 3.8) is 0 Å². The van der Waals surface area contributed by atoms with E-state index >= 15 is 0 Å². The SMILES string of the molecule is CCC(C)(C1=CNC2C=CC=CC12)C(F)(F)F. The molecular weight excluding hydrogens is 227 g/mol. The minimum atomic E-state index is -4.21. The number of hydrogen-bond acceptors (Lipinski definition) is 1. The Labute approximate surface area is 99.1 Å². The highest BCUT2D eigenvalue weighted by Crippen LogP contribution is 2.51. The highest BCUT2D eigenvalue weighted by atomic mass is 19.4. The highest BCUT2D eigenvalue weighted by molar-refractivity contribution is 5.35. The summed E-state index contributed by atoms with van der Waals surface area (Å²) in [6.45, 7) is 2.87. The van der Waals surface area contributed by atoms with Crippen molar-refractivity contribution in [3.05, 3.63) is 36.1 Å². The van der Waals surface area contributed by atoms with Crippen molar-refractivity contribution < 1.29 is 13.2 Å². The van der Waals surface area contributed by atoms with Gasteiger partial charge >= 0.3 is 6.18 Å². The summed E-state index contributed by atoms with van der Waals surface area (Å²) in [5.41, 5.74) is -1.30. The minimum absolute atomic E-state index is 0.0248. The highest BCUT2D eigenvalue weighted by Gasteiger charge is 2.55. The lowest BCUT2D eigenvalue weighted by Gasteiger charge is -2.35. The summed E-state index contributed by atoms with van der Waals surface area (Å²) in [6, 6.07) is -0.0248. The molecule has 0 saturated carbocycles. The molecule has 3 unspecified atom stereocenters. The van der Waals surface area contributed by atoms with Gasteiger partial charge in [0, 0.05) is 5.92 Å². The van der Waals surface area contributed by atoms with Crippen LogP contribution in [-0.4, -0.2) is 12.2 Å². The lowest BCUT2D eigenvalue weighted by Crippen LogP contribution is -2.39. The Morgan fingerprint density at radius 1 is 1.24 bits per heavy atom. The summed E-state index contributed by atoms with van der Waals surface area (Å²) >= 11 is 0. The van der Waals surface area contributed by atoms with Crippen molar-refractivity contribution in [2.24, 2.45) is 11.3 Å². The fourth-order valence-corrected chi connectivity index (χ4v) is 2.44. The van der Waals surface area contributed by atoms with Crippen LogP contribution < -0.4 is 5.32 Å². The van der Waals surface area contributed by atoms with Crippen molar-refractivity contribution in [1.82, 2.24) is 5.32 Å². The molecule has 1 nitrogen and oxygen atoms in total. The fraction of sp³-hybridized carbons (Fsp3) is 0.538. The molecule has 0 aromatic heterocycles. The fourth-order valence-electron chi connectivity index (χ4n) is 2.44. The number of allylic oxidation sites excluding steroid dienone is 2. The van der Waals surface area contributed by atoms with E-state index in [2.05, 4.69) is 5.32 Å². The third-order valence-electron chi connectivity index (χ3n) is 3.90. The minimum Gasteiger partial charge on any atom is -0.384 e. The Bertz CT molecular complexity index is 392. The van der Waals surface area contributed by atoms with Crippen LogP contribution in [0, 0.1) is 11.3 Å². The zero-order chi connectivity index (χ0) is 12.7. The molecule has 1 aliphatic heterocycles. The number of halogens is 3. The van der Waals surface area contributed by atoms with Gasteiger partial charge in [-0.1, -0.05) is 31.2 Å². The van der Waals surface area contributed by atoms with Crippen molar-refractivity contribution in [1.29, 1.82) is 0 Å². The van der Waals surface area contributed by atoms with E-state index in [0.717, 1.165) is 0 Å². The van der Waals surface area contributed by atoms with E-state index in [9.17, 15) is 13.2 Å². The summed E-state index contributed by atoms with van der Waals surface area (Å²) < 4.78 is 39.6. The molecule has 0 amide bonds. The van der Waals surface area contributed by atoms with Crippen molar-refractivity contribution in [2.45, 2.75) is 32.5 Å². The first-order valence-corrected chi connectivity index (χ1v) is 5.78. The van der Waals surface area contributed by atoms with E-state index < -0.39 is 11.6 Å². The second kappa shape index (κ2) is 3.93. The Morgan fingerprint density at radius 3 is 2.47 bits per heavy atom. The molecule has 0 bridgehead atoms. The van der Waals surface area contributed by atoms with Crippen LogP contribution in [-0.2, 0) is 0 Å². The molecule has 0 spiro atoms. The molecule has 0 fully saturated rings. The van der Waals surface area contributed by atoms with Crippen molar-refractivity contribution in [2.75, 3.05) is 0 Å². The van der Waals surface area contributed by atoms with Crippen LogP contribution in [0.3, 0.4) is 0 Å². The van der Waals surface area contributed by atoms with Gasteiger partial charge < -0.3 is 5.32 Å². The molecule has 1 heterocycles. The van der Waals surface area contributed by atoms with Crippen LogP contribution in [0.4, 0.5) is 13.2 Å². The van der Waals surface area contributed by atoms with Gasteiger partial charge in [-0.25, -0.2) is 0 Å². The Hall–Kier alpha value is -1.19. The monoisotopic (exact) mass is 243 g/mol. The van der Waals surface area contributed by atoms with Gasteiger partial charge in [0.25, 0.3) is 0 Å². The van der Waals surface area contributed by atoms with E-state index in [4.69, 9.17) is 0 Å². The maximum Gasteiger partial charge on any atom is 0.397 e. The lowest BCUT2D eigenvalue weighted by molar-refractivity contribution is -0.206. The molecule has 3 atom stereocenters. The van der Waals surface area contributed by atoms with E-state index in [0.29, 0.717) is 5.57 Å². The average molecular weight is 243 g/mol. The maximum absolute atomic E-state index is 13.2. The maximum atomic E-state index is 13.2. The molecule has 0 radical (unpaired) electrons. The van der Waals surface area contributed by atoms with E-state index in [1.807, 2.05) is 24.3 Å². The molecule has 94 valence electrons. The number of fused-ring (bicyclic) bond motifs is 1. The molecule has 2 rings (SSSR count). The predicted octanol–water partition coefficient (Wildman–Crippen LogP) is 3.56. The topological polar surface area (TPSA) is 12.0 Å². The average Bonchev–Trinajstić information content (AvgIpc) is 2.70. The van der Waals surface area contributed by atoms with Gasteiger partial charge in [0.05, 0.1) is 11.5 Å². The molecule has 0 aromatic carbocycles. The van der Waals surface area contributed by atoms with Gasteiger partial charge in [-0.2, -0.15) is 13.2 Å². The van der Waals surface area contributed by atoms with Crippen LogP contribution in [0.2, 0.25) is 0 Å². The molecule has 2 aliphatic rings. The van der Waals surface area contributed by atoms with Gasteiger partial charge in [-0.05, 0) is 25.1 Å². The summed E-state index contributed by atoms with van der Waals surface area (Å²) in [7, 11) is 0. The van der Waals surface area contributed by atoms with Crippen LogP contribution in [0.15, 0.2) is 36.1 Å². The number of alkyl halides is 3. The lowest BCUT2D eigenvalue weighted by atomic mass is 9.72. The zero-order valence-electron chi connectivity index (χ0n) is 9.88. The summed E-state index contributed by atoms with van der Waals surface area (Å²) in [4.78, 5) is 0.